The van der Waals surface area contributed by atoms with Crippen molar-refractivity contribution in [3.8, 4) is 5.75 Å². The summed E-state index contributed by atoms with van der Waals surface area (Å²) >= 11 is 0. The van der Waals surface area contributed by atoms with E-state index < -0.39 is 10.1 Å². The van der Waals surface area contributed by atoms with E-state index in [1.807, 2.05) is 12.4 Å². The van der Waals surface area contributed by atoms with Crippen molar-refractivity contribution in [1.29, 1.82) is 0 Å². The molecule has 1 unspecified atom stereocenters. The van der Waals surface area contributed by atoms with Crippen LogP contribution in [0.3, 0.4) is 0 Å². The lowest BCUT2D eigenvalue weighted by Gasteiger charge is -2.30. The highest BCUT2D eigenvalue weighted by Crippen LogP contribution is 2.36. The summed E-state index contributed by atoms with van der Waals surface area (Å²) in [6.07, 6.45) is 9.26. The molecule has 172 valence electrons. The molecule has 1 aliphatic rings. The summed E-state index contributed by atoms with van der Waals surface area (Å²) in [7, 11) is 0.365. The summed E-state index contributed by atoms with van der Waals surface area (Å²) in [6, 6.07) is 15.3. The maximum atomic E-state index is 9.19. The number of likely N-dealkylation sites (N-methyl/N-ethyl adjacent to an activating group) is 1. The molecule has 0 saturated carbocycles. The van der Waals surface area contributed by atoms with Crippen LogP contribution in [0.15, 0.2) is 54.9 Å². The maximum absolute atomic E-state index is 9.19. The van der Waals surface area contributed by atoms with E-state index in [-0.39, 0.29) is 0 Å². The zero-order chi connectivity index (χ0) is 23.1. The second kappa shape index (κ2) is 10.9. The minimum absolute atomic E-state index is 0.608. The number of nitrogens with zero attached hydrogens (tertiary/aromatic N) is 2. The molecule has 3 aromatic rings. The van der Waals surface area contributed by atoms with E-state index in [1.54, 1.807) is 7.11 Å². The number of ether oxygens (including phenoxy) is 1. The SMILES string of the molecule is COc1cccc2c1CCCC2CN(C)CCc1ccc2cnccc2c1.CS(=O)(=O)O. The van der Waals surface area contributed by atoms with E-state index >= 15 is 0 Å². The largest absolute Gasteiger partial charge is 0.496 e. The van der Waals surface area contributed by atoms with Gasteiger partial charge in [0.2, 0.25) is 0 Å². The molecule has 1 heterocycles. The monoisotopic (exact) mass is 456 g/mol. The van der Waals surface area contributed by atoms with Crippen LogP contribution in [0.4, 0.5) is 0 Å². The second-order valence-corrected chi connectivity index (χ2v) is 9.89. The number of pyridine rings is 1. The average molecular weight is 457 g/mol. The summed E-state index contributed by atoms with van der Waals surface area (Å²) in [5.74, 6) is 1.67. The van der Waals surface area contributed by atoms with Crippen LogP contribution in [0.2, 0.25) is 0 Å². The van der Waals surface area contributed by atoms with E-state index in [0.29, 0.717) is 12.2 Å². The normalized spacial score (nSPS) is 15.7. The van der Waals surface area contributed by atoms with Crippen molar-refractivity contribution in [2.24, 2.45) is 0 Å². The summed E-state index contributed by atoms with van der Waals surface area (Å²) in [5.41, 5.74) is 4.31. The van der Waals surface area contributed by atoms with Gasteiger partial charge in [-0.25, -0.2) is 0 Å². The molecular weight excluding hydrogens is 424 g/mol. The van der Waals surface area contributed by atoms with E-state index in [1.165, 1.54) is 40.3 Å². The Labute approximate surface area is 191 Å². The molecule has 1 aliphatic carbocycles. The van der Waals surface area contributed by atoms with Crippen molar-refractivity contribution in [3.63, 3.8) is 0 Å². The molecule has 0 amide bonds. The molecule has 6 nitrogen and oxygen atoms in total. The lowest BCUT2D eigenvalue weighted by molar-refractivity contribution is 0.299. The van der Waals surface area contributed by atoms with Gasteiger partial charge in [-0.3, -0.25) is 9.54 Å². The topological polar surface area (TPSA) is 79.7 Å². The Kier molecular flexibility index (Phi) is 8.23. The first kappa shape index (κ1) is 24.2. The van der Waals surface area contributed by atoms with Gasteiger partial charge in [-0.2, -0.15) is 8.42 Å². The molecule has 4 rings (SSSR count). The lowest BCUT2D eigenvalue weighted by atomic mass is 9.82. The molecule has 0 radical (unpaired) electrons. The molecular formula is C25H32N2O4S. The van der Waals surface area contributed by atoms with Crippen molar-refractivity contribution in [1.82, 2.24) is 9.88 Å². The van der Waals surface area contributed by atoms with Gasteiger partial charge in [0.1, 0.15) is 5.75 Å². The first-order valence-electron chi connectivity index (χ1n) is 10.8. The van der Waals surface area contributed by atoms with Crippen LogP contribution in [-0.2, 0) is 23.0 Å². The Bertz CT molecular complexity index is 1140. The first-order chi connectivity index (χ1) is 15.2. The Hall–Kier alpha value is -2.48. The van der Waals surface area contributed by atoms with E-state index in [2.05, 4.69) is 59.4 Å². The number of rotatable bonds is 6. The summed E-state index contributed by atoms with van der Waals surface area (Å²) in [4.78, 5) is 6.68. The highest BCUT2D eigenvalue weighted by Gasteiger charge is 2.23. The molecule has 1 N–H and O–H groups in total. The maximum Gasteiger partial charge on any atom is 0.261 e. The summed E-state index contributed by atoms with van der Waals surface area (Å²) in [6.45, 7) is 2.18. The van der Waals surface area contributed by atoms with Gasteiger partial charge in [0.25, 0.3) is 10.1 Å². The molecule has 2 aromatic carbocycles. The Morgan fingerprint density at radius 3 is 2.72 bits per heavy atom. The van der Waals surface area contributed by atoms with Gasteiger partial charge in [0.05, 0.1) is 13.4 Å². The van der Waals surface area contributed by atoms with Crippen LogP contribution in [0.1, 0.15) is 35.4 Å². The average Bonchev–Trinajstić information content (AvgIpc) is 2.76. The van der Waals surface area contributed by atoms with E-state index in [4.69, 9.17) is 9.29 Å². The number of fused-ring (bicyclic) bond motifs is 2. The zero-order valence-electron chi connectivity index (χ0n) is 19.0. The molecule has 0 fully saturated rings. The third-order valence-corrected chi connectivity index (χ3v) is 5.83. The third-order valence-electron chi connectivity index (χ3n) is 5.83. The minimum Gasteiger partial charge on any atom is -0.496 e. The van der Waals surface area contributed by atoms with E-state index in [0.717, 1.165) is 31.7 Å². The van der Waals surface area contributed by atoms with Gasteiger partial charge >= 0.3 is 0 Å². The van der Waals surface area contributed by atoms with E-state index in [9.17, 15) is 8.42 Å². The van der Waals surface area contributed by atoms with Gasteiger partial charge in [0, 0.05) is 30.9 Å². The second-order valence-electron chi connectivity index (χ2n) is 8.42. The smallest absolute Gasteiger partial charge is 0.261 e. The quantitative estimate of drug-likeness (QED) is 0.556. The van der Waals surface area contributed by atoms with Crippen molar-refractivity contribution in [2.45, 2.75) is 31.6 Å². The number of methoxy groups -OCH3 is 1. The zero-order valence-corrected chi connectivity index (χ0v) is 19.8. The predicted molar refractivity (Wildman–Crippen MR) is 129 cm³/mol. The number of benzene rings is 2. The highest BCUT2D eigenvalue weighted by molar-refractivity contribution is 7.85. The lowest BCUT2D eigenvalue weighted by Crippen LogP contribution is -2.28. The fraction of sp³-hybridized carbons (Fsp3) is 0.400. The Morgan fingerprint density at radius 2 is 1.97 bits per heavy atom. The van der Waals surface area contributed by atoms with Crippen LogP contribution in [0.5, 0.6) is 5.75 Å². The molecule has 1 atom stereocenters. The van der Waals surface area contributed by atoms with Crippen LogP contribution in [0, 0.1) is 0 Å². The van der Waals surface area contributed by atoms with Crippen LogP contribution in [0.25, 0.3) is 10.8 Å². The van der Waals surface area contributed by atoms with Gasteiger partial charge in [0.15, 0.2) is 0 Å². The van der Waals surface area contributed by atoms with Crippen molar-refractivity contribution in [2.75, 3.05) is 33.5 Å². The van der Waals surface area contributed by atoms with Crippen molar-refractivity contribution in [3.05, 3.63) is 71.5 Å². The highest BCUT2D eigenvalue weighted by atomic mass is 32.2. The summed E-state index contributed by atoms with van der Waals surface area (Å²) < 4.78 is 31.5. The number of hydrogen-bond donors (Lipinski definition) is 1. The summed E-state index contributed by atoms with van der Waals surface area (Å²) in [5, 5.41) is 2.49. The molecule has 0 saturated heterocycles. The number of aromatic nitrogens is 1. The Morgan fingerprint density at radius 1 is 1.19 bits per heavy atom. The molecule has 0 spiro atoms. The van der Waals surface area contributed by atoms with Gasteiger partial charge < -0.3 is 9.64 Å². The predicted octanol–water partition coefficient (Wildman–Crippen LogP) is 4.34. The van der Waals surface area contributed by atoms with Gasteiger partial charge in [-0.1, -0.05) is 30.3 Å². The van der Waals surface area contributed by atoms with Crippen LogP contribution in [-0.4, -0.2) is 56.4 Å². The first-order valence-corrected chi connectivity index (χ1v) is 12.7. The molecule has 32 heavy (non-hydrogen) atoms. The standard InChI is InChI=1S/C24H28N2O.CH4O3S/c1-26(14-12-18-9-10-20-16-25-13-11-19(20)15-18)17-21-5-3-7-23-22(21)6-4-8-24(23)27-2;1-5(2,3)4/h4,6,8-11,13,15-16,21H,3,5,7,12,14,17H2,1-2H3;1H3,(H,2,3,4). The van der Waals surface area contributed by atoms with Crippen molar-refractivity contribution >= 4 is 20.9 Å². The Balaban J connectivity index is 0.000000523. The van der Waals surface area contributed by atoms with Gasteiger partial charge in [-0.15, -0.1) is 0 Å². The molecule has 1 aromatic heterocycles. The van der Waals surface area contributed by atoms with Crippen LogP contribution >= 0.6 is 0 Å². The fourth-order valence-electron chi connectivity index (χ4n) is 4.37. The van der Waals surface area contributed by atoms with Crippen LogP contribution < -0.4 is 4.74 Å². The molecule has 0 aliphatic heterocycles. The minimum atomic E-state index is -3.67. The molecule has 0 bridgehead atoms. The fourth-order valence-corrected chi connectivity index (χ4v) is 4.37. The third kappa shape index (κ3) is 7.02. The van der Waals surface area contributed by atoms with Crippen molar-refractivity contribution < 1.29 is 17.7 Å². The van der Waals surface area contributed by atoms with Gasteiger partial charge in [-0.05, 0) is 72.9 Å². The number of hydrogen-bond acceptors (Lipinski definition) is 5. The molecule has 7 heteroatoms.